The highest BCUT2D eigenvalue weighted by molar-refractivity contribution is 5.95. The molecule has 4 heterocycles. The number of benzene rings is 1. The second-order valence-corrected chi connectivity index (χ2v) is 9.07. The number of nitrogens with one attached hydrogen (secondary N) is 3. The molecule has 0 unspecified atom stereocenters. The summed E-state index contributed by atoms with van der Waals surface area (Å²) in [4.78, 5) is 26.2. The summed E-state index contributed by atoms with van der Waals surface area (Å²) in [7, 11) is 0. The molecular formula is C23H26N8O2. The first-order chi connectivity index (χ1) is 15.8. The molecule has 10 nitrogen and oxygen atoms in total. The van der Waals surface area contributed by atoms with Crippen LogP contribution in [-0.2, 0) is 4.74 Å². The van der Waals surface area contributed by atoms with E-state index in [1.165, 1.54) is 6.33 Å². The molecule has 0 saturated heterocycles. The van der Waals surface area contributed by atoms with Gasteiger partial charge in [0.2, 0.25) is 0 Å². The maximum Gasteiger partial charge on any atom is 0.410 e. The quantitative estimate of drug-likeness (QED) is 0.370. The van der Waals surface area contributed by atoms with Gasteiger partial charge in [0.05, 0.1) is 10.9 Å². The lowest BCUT2D eigenvalue weighted by Gasteiger charge is -2.29. The first-order valence-electron chi connectivity index (χ1n) is 10.8. The zero-order valence-corrected chi connectivity index (χ0v) is 18.8. The number of rotatable bonds is 3. The Kier molecular flexibility index (Phi) is 4.92. The molecule has 1 aromatic carbocycles. The number of H-pyrrole nitrogens is 2. The molecule has 0 fully saturated rings. The summed E-state index contributed by atoms with van der Waals surface area (Å²) in [5, 5.41) is 12.0. The number of aromatic amines is 2. The molecular weight excluding hydrogens is 420 g/mol. The summed E-state index contributed by atoms with van der Waals surface area (Å²) in [5.74, 6) is 1.14. The molecule has 170 valence electrons. The van der Waals surface area contributed by atoms with Crippen LogP contribution in [0.2, 0.25) is 0 Å². The van der Waals surface area contributed by atoms with Crippen LogP contribution >= 0.6 is 0 Å². The minimum Gasteiger partial charge on any atom is -0.444 e. The fourth-order valence-electron chi connectivity index (χ4n) is 3.87. The van der Waals surface area contributed by atoms with Gasteiger partial charge >= 0.3 is 6.09 Å². The Morgan fingerprint density at radius 1 is 1.21 bits per heavy atom. The standard InChI is InChI=1S/C23H26N8O2/c1-23(2,3)33-22(32)31-8-6-13(7-9-31)18-11-16-20(25-12-26-21(16)28-18)27-14-4-5-17-15(10-14)19(24)30-29-17/h4-6,10-12H,7-9H2,1-3H3,(H3,24,29,30)(H2,25,26,27,28). The summed E-state index contributed by atoms with van der Waals surface area (Å²) < 4.78 is 5.48. The second kappa shape index (κ2) is 7.80. The van der Waals surface area contributed by atoms with Crippen molar-refractivity contribution in [3.05, 3.63) is 42.4 Å². The first-order valence-corrected chi connectivity index (χ1v) is 10.8. The molecule has 0 bridgehead atoms. The van der Waals surface area contributed by atoms with Gasteiger partial charge in [-0.05, 0) is 57.0 Å². The van der Waals surface area contributed by atoms with E-state index in [0.717, 1.165) is 45.3 Å². The lowest BCUT2D eigenvalue weighted by Crippen LogP contribution is -2.39. The fraction of sp³-hybridized carbons (Fsp3) is 0.304. The average molecular weight is 447 g/mol. The normalized spacial score (nSPS) is 14.5. The zero-order chi connectivity index (χ0) is 23.2. The predicted molar refractivity (Wildman–Crippen MR) is 128 cm³/mol. The van der Waals surface area contributed by atoms with Gasteiger partial charge in [0.1, 0.15) is 23.4 Å². The largest absolute Gasteiger partial charge is 0.444 e. The third kappa shape index (κ3) is 4.19. The number of aromatic nitrogens is 5. The molecule has 1 aliphatic heterocycles. The van der Waals surface area contributed by atoms with Crippen LogP contribution in [-0.4, -0.2) is 54.8 Å². The van der Waals surface area contributed by atoms with Crippen LogP contribution < -0.4 is 11.1 Å². The zero-order valence-electron chi connectivity index (χ0n) is 18.8. The monoisotopic (exact) mass is 446 g/mol. The van der Waals surface area contributed by atoms with Crippen molar-refractivity contribution < 1.29 is 9.53 Å². The van der Waals surface area contributed by atoms with Gasteiger partial charge in [0, 0.05) is 29.9 Å². The number of carbonyl (C=O) groups excluding carboxylic acids is 1. The Labute approximate surface area is 190 Å². The number of amides is 1. The Bertz CT molecular complexity index is 1380. The molecule has 1 amide bonds. The van der Waals surface area contributed by atoms with Gasteiger partial charge in [-0.1, -0.05) is 6.08 Å². The SMILES string of the molecule is CC(C)(C)OC(=O)N1CC=C(c2cc3c(Nc4ccc5[nH]nc(N)c5c4)ncnc3[nH]2)CC1. The molecule has 4 aromatic rings. The topological polar surface area (TPSA) is 138 Å². The van der Waals surface area contributed by atoms with Crippen LogP contribution in [0.1, 0.15) is 32.9 Å². The van der Waals surface area contributed by atoms with Crippen molar-refractivity contribution in [3.63, 3.8) is 0 Å². The number of fused-ring (bicyclic) bond motifs is 2. The number of nitrogens with zero attached hydrogens (tertiary/aromatic N) is 4. The van der Waals surface area contributed by atoms with Gasteiger partial charge in [-0.15, -0.1) is 0 Å². The van der Waals surface area contributed by atoms with Crippen molar-refractivity contribution in [1.29, 1.82) is 0 Å². The maximum absolute atomic E-state index is 12.3. The second-order valence-electron chi connectivity index (χ2n) is 9.07. The third-order valence-corrected chi connectivity index (χ3v) is 5.49. The minimum absolute atomic E-state index is 0.290. The van der Waals surface area contributed by atoms with Crippen molar-refractivity contribution in [3.8, 4) is 0 Å². The molecule has 0 radical (unpaired) electrons. The fourth-order valence-corrected chi connectivity index (χ4v) is 3.87. The van der Waals surface area contributed by atoms with Crippen molar-refractivity contribution >= 4 is 50.9 Å². The number of anilines is 3. The predicted octanol–water partition coefficient (Wildman–Crippen LogP) is 4.18. The van der Waals surface area contributed by atoms with E-state index < -0.39 is 5.60 Å². The number of ether oxygens (including phenoxy) is 1. The average Bonchev–Trinajstić information content (AvgIpc) is 3.37. The molecule has 0 aliphatic carbocycles. The van der Waals surface area contributed by atoms with Crippen molar-refractivity contribution in [1.82, 2.24) is 30.0 Å². The van der Waals surface area contributed by atoms with Crippen LogP contribution in [0.25, 0.3) is 27.5 Å². The van der Waals surface area contributed by atoms with Crippen LogP contribution in [0.5, 0.6) is 0 Å². The summed E-state index contributed by atoms with van der Waals surface area (Å²) in [6.07, 6.45) is 4.00. The van der Waals surface area contributed by atoms with E-state index in [2.05, 4.69) is 30.5 Å². The van der Waals surface area contributed by atoms with Crippen LogP contribution in [0.15, 0.2) is 36.7 Å². The van der Waals surface area contributed by atoms with Crippen molar-refractivity contribution in [2.75, 3.05) is 24.1 Å². The molecule has 10 heteroatoms. The highest BCUT2D eigenvalue weighted by Gasteiger charge is 2.24. The van der Waals surface area contributed by atoms with E-state index in [9.17, 15) is 4.79 Å². The maximum atomic E-state index is 12.3. The number of nitrogens with two attached hydrogens (primary N) is 1. The van der Waals surface area contributed by atoms with E-state index >= 15 is 0 Å². The molecule has 0 atom stereocenters. The van der Waals surface area contributed by atoms with E-state index in [1.54, 1.807) is 4.90 Å². The van der Waals surface area contributed by atoms with E-state index in [4.69, 9.17) is 10.5 Å². The van der Waals surface area contributed by atoms with Crippen LogP contribution in [0.4, 0.5) is 22.1 Å². The first kappa shape index (κ1) is 20.8. The Balaban J connectivity index is 1.37. The van der Waals surface area contributed by atoms with Crippen LogP contribution in [0.3, 0.4) is 0 Å². The molecule has 3 aromatic heterocycles. The summed E-state index contributed by atoms with van der Waals surface area (Å²) >= 11 is 0. The van der Waals surface area contributed by atoms with E-state index in [0.29, 0.717) is 24.7 Å². The number of hydrogen-bond donors (Lipinski definition) is 4. The number of nitrogen functional groups attached to an aromatic ring is 1. The molecule has 0 saturated carbocycles. The highest BCUT2D eigenvalue weighted by Crippen LogP contribution is 2.30. The van der Waals surface area contributed by atoms with Gasteiger partial charge in [0.25, 0.3) is 0 Å². The summed E-state index contributed by atoms with van der Waals surface area (Å²) in [5.41, 5.74) is 9.99. The lowest BCUT2D eigenvalue weighted by atomic mass is 10.1. The number of hydrogen-bond acceptors (Lipinski definition) is 7. The Hall–Kier alpha value is -4.08. The van der Waals surface area contributed by atoms with Gasteiger partial charge in [-0.3, -0.25) is 5.10 Å². The molecule has 33 heavy (non-hydrogen) atoms. The lowest BCUT2D eigenvalue weighted by molar-refractivity contribution is 0.0270. The van der Waals surface area contributed by atoms with Gasteiger partial charge in [0.15, 0.2) is 5.82 Å². The van der Waals surface area contributed by atoms with Crippen LogP contribution in [0, 0.1) is 0 Å². The smallest absolute Gasteiger partial charge is 0.410 e. The highest BCUT2D eigenvalue weighted by atomic mass is 16.6. The van der Waals surface area contributed by atoms with Gasteiger partial charge < -0.3 is 25.7 Å². The van der Waals surface area contributed by atoms with Gasteiger partial charge in [-0.25, -0.2) is 14.8 Å². The molecule has 0 spiro atoms. The summed E-state index contributed by atoms with van der Waals surface area (Å²) in [6, 6.07) is 7.84. The molecule has 5 N–H and O–H groups in total. The van der Waals surface area contributed by atoms with E-state index in [-0.39, 0.29) is 6.09 Å². The Morgan fingerprint density at radius 3 is 2.82 bits per heavy atom. The van der Waals surface area contributed by atoms with Crippen molar-refractivity contribution in [2.24, 2.45) is 0 Å². The molecule has 1 aliphatic rings. The minimum atomic E-state index is -0.506. The molecule has 5 rings (SSSR count). The third-order valence-electron chi connectivity index (χ3n) is 5.49. The van der Waals surface area contributed by atoms with Gasteiger partial charge in [-0.2, -0.15) is 5.10 Å². The van der Waals surface area contributed by atoms with Crippen molar-refractivity contribution in [2.45, 2.75) is 32.8 Å². The van der Waals surface area contributed by atoms with E-state index in [1.807, 2.05) is 51.1 Å². The summed E-state index contributed by atoms with van der Waals surface area (Å²) in [6.45, 7) is 6.71. The number of carbonyl (C=O) groups is 1. The Morgan fingerprint density at radius 2 is 2.06 bits per heavy atom.